The largest absolute Gasteiger partial charge is 0.377 e. The van der Waals surface area contributed by atoms with E-state index in [-0.39, 0.29) is 0 Å². The second kappa shape index (κ2) is 5.29. The summed E-state index contributed by atoms with van der Waals surface area (Å²) in [6.45, 7) is 1.39. The Morgan fingerprint density at radius 1 is 1.25 bits per heavy atom. The van der Waals surface area contributed by atoms with Crippen molar-refractivity contribution in [3.05, 3.63) is 24.3 Å². The highest BCUT2D eigenvalue weighted by molar-refractivity contribution is 5.87. The summed E-state index contributed by atoms with van der Waals surface area (Å²) in [6, 6.07) is 4.74. The number of anilines is 2. The Balaban J connectivity index is 2.61. The van der Waals surface area contributed by atoms with Crippen LogP contribution in [0, 0.1) is 0 Å². The first-order valence-electron chi connectivity index (χ1n) is 4.70. The molecule has 1 aromatic carbocycles. The van der Waals surface area contributed by atoms with Crippen LogP contribution in [0.15, 0.2) is 24.3 Å². The first-order chi connectivity index (χ1) is 7.49. The Hall–Kier alpha value is -1.85. The Morgan fingerprint density at radius 3 is 2.19 bits per heavy atom. The molecule has 6 heteroatoms. The number of carbonyl (C=O) groups is 1. The highest BCUT2D eigenvalue weighted by Gasteiger charge is 2.13. The van der Waals surface area contributed by atoms with E-state index in [1.807, 2.05) is 0 Å². The van der Waals surface area contributed by atoms with E-state index in [4.69, 9.17) is 5.73 Å². The predicted octanol–water partition coefficient (Wildman–Crippen LogP) is 2.24. The van der Waals surface area contributed by atoms with Crippen LogP contribution in [0.3, 0.4) is 0 Å². The minimum atomic E-state index is -2.43. The van der Waals surface area contributed by atoms with Crippen molar-refractivity contribution in [1.29, 1.82) is 0 Å². The van der Waals surface area contributed by atoms with Crippen LogP contribution in [-0.2, 0) is 0 Å². The maximum Gasteiger partial charge on any atom is 0.316 e. The molecule has 0 saturated heterocycles. The summed E-state index contributed by atoms with van der Waals surface area (Å²) in [7, 11) is 0. The van der Waals surface area contributed by atoms with Crippen LogP contribution in [0.25, 0.3) is 0 Å². The smallest absolute Gasteiger partial charge is 0.316 e. The third-order valence-electron chi connectivity index (χ3n) is 1.92. The van der Waals surface area contributed by atoms with Crippen LogP contribution >= 0.6 is 0 Å². The van der Waals surface area contributed by atoms with Gasteiger partial charge in [0.25, 0.3) is 6.43 Å². The molecule has 0 radical (unpaired) electrons. The van der Waals surface area contributed by atoms with E-state index in [9.17, 15) is 13.6 Å². The molecule has 0 aliphatic heterocycles. The van der Waals surface area contributed by atoms with Gasteiger partial charge in [0.15, 0.2) is 0 Å². The zero-order valence-corrected chi connectivity index (χ0v) is 8.71. The minimum absolute atomic E-state index is 0.516. The lowest BCUT2D eigenvalue weighted by molar-refractivity contribution is 0.131. The summed E-state index contributed by atoms with van der Waals surface area (Å²) in [6.07, 6.45) is -2.43. The molecule has 4 N–H and O–H groups in total. The molecule has 1 atom stereocenters. The lowest BCUT2D eigenvalue weighted by Gasteiger charge is -2.14. The molecule has 0 aliphatic rings. The van der Waals surface area contributed by atoms with Gasteiger partial charge in [-0.05, 0) is 31.2 Å². The van der Waals surface area contributed by atoms with E-state index in [2.05, 4.69) is 10.6 Å². The lowest BCUT2D eigenvalue weighted by Crippen LogP contribution is -2.23. The second-order valence-electron chi connectivity index (χ2n) is 3.33. The number of primary amides is 1. The third kappa shape index (κ3) is 3.72. The summed E-state index contributed by atoms with van der Waals surface area (Å²) in [4.78, 5) is 10.5. The van der Waals surface area contributed by atoms with Crippen molar-refractivity contribution < 1.29 is 13.6 Å². The Labute approximate surface area is 91.8 Å². The van der Waals surface area contributed by atoms with Crippen molar-refractivity contribution in [1.82, 2.24) is 0 Å². The molecule has 16 heavy (non-hydrogen) atoms. The quantitative estimate of drug-likeness (QED) is 0.741. The van der Waals surface area contributed by atoms with Crippen molar-refractivity contribution in [2.75, 3.05) is 10.6 Å². The molecule has 0 spiro atoms. The van der Waals surface area contributed by atoms with E-state index in [0.29, 0.717) is 11.4 Å². The summed E-state index contributed by atoms with van der Waals surface area (Å²) in [5.41, 5.74) is 5.99. The molecular formula is C10H13F2N3O. The second-order valence-corrected chi connectivity index (χ2v) is 3.33. The Morgan fingerprint density at radius 2 is 1.75 bits per heavy atom. The number of halogens is 2. The Kier molecular flexibility index (Phi) is 4.04. The number of nitrogens with two attached hydrogens (primary N) is 1. The van der Waals surface area contributed by atoms with E-state index < -0.39 is 18.5 Å². The molecule has 0 bridgehead atoms. The first-order valence-corrected chi connectivity index (χ1v) is 4.70. The van der Waals surface area contributed by atoms with Crippen molar-refractivity contribution >= 4 is 17.4 Å². The van der Waals surface area contributed by atoms with Crippen LogP contribution in [0.4, 0.5) is 25.0 Å². The normalized spacial score (nSPS) is 12.2. The number of nitrogens with one attached hydrogen (secondary N) is 2. The highest BCUT2D eigenvalue weighted by atomic mass is 19.3. The maximum atomic E-state index is 12.2. The molecule has 0 fully saturated rings. The number of benzene rings is 1. The SMILES string of the molecule is CC(Nc1ccc(NC(N)=O)cc1)C(F)F. The van der Waals surface area contributed by atoms with E-state index in [1.54, 1.807) is 24.3 Å². The van der Waals surface area contributed by atoms with Gasteiger partial charge in [0.2, 0.25) is 0 Å². The topological polar surface area (TPSA) is 67.2 Å². The van der Waals surface area contributed by atoms with Gasteiger partial charge in [-0.15, -0.1) is 0 Å². The Bertz CT molecular complexity index is 354. The molecule has 4 nitrogen and oxygen atoms in total. The number of hydrogen-bond acceptors (Lipinski definition) is 2. The molecule has 0 aromatic heterocycles. The molecule has 1 rings (SSSR count). The third-order valence-corrected chi connectivity index (χ3v) is 1.92. The maximum absolute atomic E-state index is 12.2. The lowest BCUT2D eigenvalue weighted by atomic mass is 10.2. The molecule has 0 saturated carbocycles. The van der Waals surface area contributed by atoms with Gasteiger partial charge in [0, 0.05) is 11.4 Å². The van der Waals surface area contributed by atoms with Crippen LogP contribution in [0.5, 0.6) is 0 Å². The minimum Gasteiger partial charge on any atom is -0.377 e. The summed E-state index contributed by atoms with van der Waals surface area (Å²) in [5, 5.41) is 5.00. The van der Waals surface area contributed by atoms with Crippen LogP contribution in [0.1, 0.15) is 6.92 Å². The van der Waals surface area contributed by atoms with Gasteiger partial charge in [0.1, 0.15) is 0 Å². The van der Waals surface area contributed by atoms with Gasteiger partial charge >= 0.3 is 6.03 Å². The molecular weight excluding hydrogens is 216 g/mol. The molecule has 0 heterocycles. The first kappa shape index (κ1) is 12.2. The fourth-order valence-corrected chi connectivity index (χ4v) is 1.12. The monoisotopic (exact) mass is 229 g/mol. The average Bonchev–Trinajstić information content (AvgIpc) is 2.20. The van der Waals surface area contributed by atoms with E-state index in [1.165, 1.54) is 6.92 Å². The zero-order chi connectivity index (χ0) is 12.1. The van der Waals surface area contributed by atoms with Crippen LogP contribution in [-0.4, -0.2) is 18.5 Å². The van der Waals surface area contributed by atoms with Crippen molar-refractivity contribution in [3.63, 3.8) is 0 Å². The number of hydrogen-bond donors (Lipinski definition) is 3. The van der Waals surface area contributed by atoms with Gasteiger partial charge in [-0.3, -0.25) is 0 Å². The van der Waals surface area contributed by atoms with Gasteiger partial charge in [-0.1, -0.05) is 0 Å². The number of carbonyl (C=O) groups excluding carboxylic acids is 1. The molecule has 2 amide bonds. The number of amides is 2. The van der Waals surface area contributed by atoms with Crippen LogP contribution in [0.2, 0.25) is 0 Å². The standard InChI is InChI=1S/C10H13F2N3O/c1-6(9(11)12)14-7-2-4-8(5-3-7)15-10(13)16/h2-6,9,14H,1H3,(H3,13,15,16). The fraction of sp³-hybridized carbons (Fsp3) is 0.300. The van der Waals surface area contributed by atoms with Gasteiger partial charge < -0.3 is 16.4 Å². The van der Waals surface area contributed by atoms with Crippen molar-refractivity contribution in [2.24, 2.45) is 5.73 Å². The van der Waals surface area contributed by atoms with Gasteiger partial charge in [-0.25, -0.2) is 13.6 Å². The van der Waals surface area contributed by atoms with Gasteiger partial charge in [0.05, 0.1) is 6.04 Å². The fourth-order valence-electron chi connectivity index (χ4n) is 1.12. The number of alkyl halides is 2. The predicted molar refractivity (Wildman–Crippen MR) is 58.7 cm³/mol. The molecule has 88 valence electrons. The number of urea groups is 1. The summed E-state index contributed by atoms with van der Waals surface area (Å²) in [5.74, 6) is 0. The summed E-state index contributed by atoms with van der Waals surface area (Å²) < 4.78 is 24.5. The molecule has 1 unspecified atom stereocenters. The van der Waals surface area contributed by atoms with Gasteiger partial charge in [-0.2, -0.15) is 0 Å². The number of rotatable bonds is 4. The summed E-state index contributed by atoms with van der Waals surface area (Å²) >= 11 is 0. The van der Waals surface area contributed by atoms with E-state index >= 15 is 0 Å². The highest BCUT2D eigenvalue weighted by Crippen LogP contribution is 2.15. The zero-order valence-electron chi connectivity index (χ0n) is 8.71. The van der Waals surface area contributed by atoms with Crippen molar-refractivity contribution in [2.45, 2.75) is 19.4 Å². The van der Waals surface area contributed by atoms with Crippen molar-refractivity contribution in [3.8, 4) is 0 Å². The van der Waals surface area contributed by atoms with E-state index in [0.717, 1.165) is 0 Å². The molecule has 1 aromatic rings. The van der Waals surface area contributed by atoms with Crippen LogP contribution < -0.4 is 16.4 Å². The average molecular weight is 229 g/mol. The molecule has 0 aliphatic carbocycles.